The van der Waals surface area contributed by atoms with E-state index < -0.39 is 42.0 Å². The summed E-state index contributed by atoms with van der Waals surface area (Å²) in [6.45, 7) is 9.52. The number of esters is 1. The predicted molar refractivity (Wildman–Crippen MR) is 138 cm³/mol. The number of aliphatic carboxylic acids is 1. The molecule has 212 valence electrons. The molecule has 8 atom stereocenters. The molecular formula is C28H41NO9. The molecule has 38 heavy (non-hydrogen) atoms. The van der Waals surface area contributed by atoms with Crippen LogP contribution in [0, 0.1) is 5.92 Å². The first-order chi connectivity index (χ1) is 17.8. The van der Waals surface area contributed by atoms with Gasteiger partial charge in [0.2, 0.25) is 5.91 Å². The molecule has 10 heteroatoms. The van der Waals surface area contributed by atoms with Crippen molar-refractivity contribution in [3.63, 3.8) is 0 Å². The van der Waals surface area contributed by atoms with Gasteiger partial charge in [-0.3, -0.25) is 14.4 Å². The normalized spacial score (nSPS) is 36.4. The van der Waals surface area contributed by atoms with Gasteiger partial charge in [0.05, 0.1) is 43.0 Å². The molecule has 3 saturated heterocycles. The van der Waals surface area contributed by atoms with Crippen LogP contribution in [0.4, 0.5) is 0 Å². The molecule has 1 spiro atoms. The first-order valence-corrected chi connectivity index (χ1v) is 13.2. The molecule has 0 aromatic heterocycles. The maximum Gasteiger partial charge on any atom is 0.308 e. The van der Waals surface area contributed by atoms with E-state index in [0.717, 1.165) is 12.0 Å². The Labute approximate surface area is 224 Å². The summed E-state index contributed by atoms with van der Waals surface area (Å²) in [5.41, 5.74) is 0.497. The van der Waals surface area contributed by atoms with Crippen LogP contribution in [0.1, 0.15) is 66.7 Å². The fourth-order valence-electron chi connectivity index (χ4n) is 5.17. The minimum atomic E-state index is -1.74. The summed E-state index contributed by atoms with van der Waals surface area (Å²) in [4.78, 5) is 34.5. The molecule has 0 aromatic carbocycles. The van der Waals surface area contributed by atoms with Gasteiger partial charge < -0.3 is 34.5 Å². The Morgan fingerprint density at radius 2 is 1.92 bits per heavy atom. The highest BCUT2D eigenvalue weighted by molar-refractivity contribution is 5.87. The first kappa shape index (κ1) is 30.0. The van der Waals surface area contributed by atoms with Gasteiger partial charge in [-0.25, -0.2) is 0 Å². The first-order valence-electron chi connectivity index (χ1n) is 13.2. The summed E-state index contributed by atoms with van der Waals surface area (Å²) >= 11 is 0. The Bertz CT molecular complexity index is 969. The number of nitrogens with one attached hydrogen (secondary N) is 1. The highest BCUT2D eigenvalue weighted by atomic mass is 16.7. The summed E-state index contributed by atoms with van der Waals surface area (Å²) in [5.74, 6) is -3.30. The third kappa shape index (κ3) is 9.04. The zero-order valence-corrected chi connectivity index (χ0v) is 22.8. The van der Waals surface area contributed by atoms with Crippen LogP contribution < -0.4 is 5.32 Å². The minimum Gasteiger partial charge on any atom is -0.481 e. The van der Waals surface area contributed by atoms with E-state index in [1.807, 2.05) is 26.0 Å². The second-order valence-electron chi connectivity index (χ2n) is 10.9. The lowest BCUT2D eigenvalue weighted by atomic mass is 9.87. The van der Waals surface area contributed by atoms with Crippen molar-refractivity contribution in [2.24, 2.45) is 5.92 Å². The second-order valence-corrected chi connectivity index (χ2v) is 10.9. The van der Waals surface area contributed by atoms with Crippen LogP contribution in [0.25, 0.3) is 0 Å². The number of carboxylic acid groups (broad SMARTS) is 1. The molecular weight excluding hydrogens is 494 g/mol. The number of amides is 1. The van der Waals surface area contributed by atoms with Gasteiger partial charge in [-0.05, 0) is 45.6 Å². The zero-order valence-electron chi connectivity index (χ0n) is 22.8. The Morgan fingerprint density at radius 1 is 1.21 bits per heavy atom. The van der Waals surface area contributed by atoms with Gasteiger partial charge in [0.25, 0.3) is 0 Å². The topological polar surface area (TPSA) is 144 Å². The molecule has 3 heterocycles. The number of carbonyl (C=O) groups is 3. The molecule has 3 aliphatic rings. The number of carbonyl (C=O) groups excluding carboxylic acids is 2. The molecule has 0 saturated carbocycles. The molecule has 3 aliphatic heterocycles. The maximum absolute atomic E-state index is 12.3. The number of hydrogen-bond donors (Lipinski definition) is 3. The van der Waals surface area contributed by atoms with Crippen LogP contribution in [-0.2, 0) is 33.3 Å². The number of allylic oxidation sites excluding steroid dienone is 2. The van der Waals surface area contributed by atoms with E-state index in [-0.39, 0.29) is 36.5 Å². The lowest BCUT2D eigenvalue weighted by Crippen LogP contribution is -2.50. The largest absolute Gasteiger partial charge is 0.481 e. The van der Waals surface area contributed by atoms with Crippen LogP contribution >= 0.6 is 0 Å². The molecule has 3 rings (SSSR count). The molecule has 10 nitrogen and oxygen atoms in total. The molecule has 0 aliphatic carbocycles. The van der Waals surface area contributed by atoms with Gasteiger partial charge in [-0.2, -0.15) is 0 Å². The quantitative estimate of drug-likeness (QED) is 0.166. The van der Waals surface area contributed by atoms with Gasteiger partial charge in [0.15, 0.2) is 5.79 Å². The molecule has 3 fully saturated rings. The Hall–Kier alpha value is -2.53. The minimum absolute atomic E-state index is 0.00393. The molecule has 0 bridgehead atoms. The van der Waals surface area contributed by atoms with Gasteiger partial charge in [-0.1, -0.05) is 30.7 Å². The number of ether oxygens (including phenoxy) is 4. The standard InChI is InChI=1S/C28H41NO9/c1-17(6-9-22-13-27(16-35-27)15-28(34,38-22)14-26(32)33)7-10-24-18(2)12-23(20(4)37-24)29-25(31)11-8-19(3)36-21(5)30/h6-9,11,18-20,22-24,34H,10,12-16H2,1-5H3,(H,29,31)(H,32,33)/b9-6+,11-8-,17-7+/t18-,19-,20+,22+,23+,24-,27?,28?/m0/s1. The summed E-state index contributed by atoms with van der Waals surface area (Å²) in [5, 5.41) is 22.8. The van der Waals surface area contributed by atoms with E-state index >= 15 is 0 Å². The van der Waals surface area contributed by atoms with Crippen molar-refractivity contribution in [1.82, 2.24) is 5.32 Å². The van der Waals surface area contributed by atoms with E-state index in [1.54, 1.807) is 13.0 Å². The third-order valence-electron chi connectivity index (χ3n) is 7.18. The van der Waals surface area contributed by atoms with Crippen molar-refractivity contribution >= 4 is 17.8 Å². The summed E-state index contributed by atoms with van der Waals surface area (Å²) in [6, 6.07) is -0.127. The van der Waals surface area contributed by atoms with Crippen molar-refractivity contribution in [1.29, 1.82) is 0 Å². The Morgan fingerprint density at radius 3 is 2.55 bits per heavy atom. The van der Waals surface area contributed by atoms with Crippen molar-refractivity contribution in [2.75, 3.05) is 6.61 Å². The highest BCUT2D eigenvalue weighted by Gasteiger charge is 2.57. The van der Waals surface area contributed by atoms with Gasteiger partial charge in [0, 0.05) is 25.8 Å². The summed E-state index contributed by atoms with van der Waals surface area (Å²) in [6.07, 6.45) is 9.38. The van der Waals surface area contributed by atoms with Crippen molar-refractivity contribution in [2.45, 2.75) is 109 Å². The lowest BCUT2D eigenvalue weighted by Gasteiger charge is -2.39. The molecule has 0 radical (unpaired) electrons. The van der Waals surface area contributed by atoms with Crippen LogP contribution in [0.3, 0.4) is 0 Å². The zero-order chi connectivity index (χ0) is 28.1. The van der Waals surface area contributed by atoms with Crippen LogP contribution in [0.15, 0.2) is 36.0 Å². The van der Waals surface area contributed by atoms with Gasteiger partial charge >= 0.3 is 11.9 Å². The highest BCUT2D eigenvalue weighted by Crippen LogP contribution is 2.46. The average molecular weight is 536 g/mol. The summed E-state index contributed by atoms with van der Waals surface area (Å²) < 4.78 is 22.5. The smallest absolute Gasteiger partial charge is 0.308 e. The van der Waals surface area contributed by atoms with Gasteiger partial charge in [-0.15, -0.1) is 0 Å². The number of rotatable bonds is 10. The average Bonchev–Trinajstić information content (AvgIpc) is 3.53. The van der Waals surface area contributed by atoms with Crippen molar-refractivity contribution in [3.05, 3.63) is 36.0 Å². The fraction of sp³-hybridized carbons (Fsp3) is 0.679. The van der Waals surface area contributed by atoms with Crippen molar-refractivity contribution < 1.29 is 43.5 Å². The number of hydrogen-bond acceptors (Lipinski definition) is 8. The molecule has 3 N–H and O–H groups in total. The number of aliphatic hydroxyl groups is 1. The van der Waals surface area contributed by atoms with Crippen LogP contribution in [-0.4, -0.2) is 76.5 Å². The Kier molecular flexibility index (Phi) is 9.91. The van der Waals surface area contributed by atoms with E-state index in [9.17, 15) is 19.5 Å². The molecule has 1 amide bonds. The molecule has 0 aromatic rings. The lowest BCUT2D eigenvalue weighted by molar-refractivity contribution is -0.259. The second kappa shape index (κ2) is 12.5. The summed E-state index contributed by atoms with van der Waals surface area (Å²) in [7, 11) is 0. The monoisotopic (exact) mass is 535 g/mol. The van der Waals surface area contributed by atoms with Gasteiger partial charge in [0.1, 0.15) is 6.10 Å². The SMILES string of the molecule is CC(=O)O[C@@H](C)/C=C\C(=O)N[C@@H]1C[C@H](C)[C@H](C/C=C(C)/C=C/[C@@H]2CC3(CO3)CC(O)(CC(=O)O)O2)O[C@@H]1C. The number of epoxide rings is 1. The van der Waals surface area contributed by atoms with E-state index in [0.29, 0.717) is 19.4 Å². The Balaban J connectivity index is 1.49. The van der Waals surface area contributed by atoms with E-state index in [2.05, 4.69) is 18.3 Å². The maximum atomic E-state index is 12.3. The van der Waals surface area contributed by atoms with E-state index in [4.69, 9.17) is 24.1 Å². The number of carboxylic acids is 1. The van der Waals surface area contributed by atoms with Crippen LogP contribution in [0.2, 0.25) is 0 Å². The fourth-order valence-corrected chi connectivity index (χ4v) is 5.17. The van der Waals surface area contributed by atoms with E-state index in [1.165, 1.54) is 13.0 Å². The predicted octanol–water partition coefficient (Wildman–Crippen LogP) is 2.80. The van der Waals surface area contributed by atoms with Crippen molar-refractivity contribution in [3.8, 4) is 0 Å². The third-order valence-corrected chi connectivity index (χ3v) is 7.18. The molecule has 2 unspecified atom stereocenters. The van der Waals surface area contributed by atoms with Crippen LogP contribution in [0.5, 0.6) is 0 Å².